The molecule has 0 aliphatic heterocycles. The molecule has 1 amide bonds. The van der Waals surface area contributed by atoms with Gasteiger partial charge < -0.3 is 15.2 Å². The molecule has 1 rings (SSSR count). The Bertz CT molecular complexity index is 523. The molecule has 2 N–H and O–H groups in total. The van der Waals surface area contributed by atoms with Gasteiger partial charge in [0.15, 0.2) is 0 Å². The van der Waals surface area contributed by atoms with E-state index in [1.807, 2.05) is 20.8 Å². The lowest BCUT2D eigenvalue weighted by Crippen LogP contribution is -2.27. The summed E-state index contributed by atoms with van der Waals surface area (Å²) in [4.78, 5) is 22.5. The summed E-state index contributed by atoms with van der Waals surface area (Å²) in [5, 5.41) is 11.5. The van der Waals surface area contributed by atoms with Crippen molar-refractivity contribution in [2.75, 3.05) is 12.4 Å². The fraction of sp³-hybridized carbons (Fsp3) is 0.429. The highest BCUT2D eigenvalue weighted by Crippen LogP contribution is 2.31. The number of amides is 1. The Hall–Kier alpha value is -2.04. The molecule has 0 bridgehead atoms. The number of hydrogen-bond acceptors (Lipinski definition) is 3. The molecule has 1 atom stereocenters. The molecule has 104 valence electrons. The minimum Gasteiger partial charge on any atom is -0.496 e. The summed E-state index contributed by atoms with van der Waals surface area (Å²) in [6, 6.07) is 1.79. The van der Waals surface area contributed by atoms with Gasteiger partial charge in [0.25, 0.3) is 0 Å². The maximum atomic E-state index is 11.8. The Morgan fingerprint density at radius 2 is 1.84 bits per heavy atom. The van der Waals surface area contributed by atoms with E-state index in [0.29, 0.717) is 5.69 Å². The summed E-state index contributed by atoms with van der Waals surface area (Å²) in [5.74, 6) is -1.97. The van der Waals surface area contributed by atoms with Crippen LogP contribution in [0.15, 0.2) is 6.07 Å². The highest BCUT2D eigenvalue weighted by molar-refractivity contribution is 6.04. The average Bonchev–Trinajstić information content (AvgIpc) is 2.35. The van der Waals surface area contributed by atoms with Crippen LogP contribution in [-0.4, -0.2) is 24.1 Å². The SMILES string of the molecule is COc1c(C)cc(NC(=O)C(C)C(=O)O)c(C)c1C. The molecule has 0 heterocycles. The molecule has 0 fully saturated rings. The Morgan fingerprint density at radius 1 is 1.26 bits per heavy atom. The number of nitrogens with one attached hydrogen (secondary N) is 1. The quantitative estimate of drug-likeness (QED) is 0.819. The topological polar surface area (TPSA) is 75.6 Å². The van der Waals surface area contributed by atoms with Crippen LogP contribution < -0.4 is 10.1 Å². The number of benzene rings is 1. The van der Waals surface area contributed by atoms with Crippen LogP contribution in [0.5, 0.6) is 5.75 Å². The molecule has 1 aromatic carbocycles. The van der Waals surface area contributed by atoms with Gasteiger partial charge in [-0.2, -0.15) is 0 Å². The number of carbonyl (C=O) groups is 2. The first-order chi connectivity index (χ1) is 8.79. The Balaban J connectivity index is 3.10. The van der Waals surface area contributed by atoms with Crippen LogP contribution >= 0.6 is 0 Å². The van der Waals surface area contributed by atoms with Crippen molar-refractivity contribution in [1.29, 1.82) is 0 Å². The van der Waals surface area contributed by atoms with Crippen LogP contribution in [0.2, 0.25) is 0 Å². The van der Waals surface area contributed by atoms with Crippen molar-refractivity contribution in [1.82, 2.24) is 0 Å². The molecule has 5 nitrogen and oxygen atoms in total. The molecular weight excluding hydrogens is 246 g/mol. The van der Waals surface area contributed by atoms with Crippen molar-refractivity contribution < 1.29 is 19.4 Å². The molecule has 0 aliphatic carbocycles. The number of carboxylic acid groups (broad SMARTS) is 1. The maximum Gasteiger partial charge on any atom is 0.315 e. The number of methoxy groups -OCH3 is 1. The molecule has 5 heteroatoms. The number of carbonyl (C=O) groups excluding carboxylic acids is 1. The van der Waals surface area contributed by atoms with Gasteiger partial charge in [-0.3, -0.25) is 9.59 Å². The van der Waals surface area contributed by atoms with Crippen LogP contribution in [0.25, 0.3) is 0 Å². The molecule has 0 aliphatic rings. The average molecular weight is 265 g/mol. The van der Waals surface area contributed by atoms with Crippen molar-refractivity contribution in [3.8, 4) is 5.75 Å². The van der Waals surface area contributed by atoms with E-state index < -0.39 is 17.8 Å². The molecule has 19 heavy (non-hydrogen) atoms. The molecular formula is C14H19NO4. The second kappa shape index (κ2) is 5.73. The number of aliphatic carboxylic acids is 1. The predicted octanol–water partition coefficient (Wildman–Crippen LogP) is 2.28. The number of ether oxygens (including phenoxy) is 1. The minimum absolute atomic E-state index is 0.528. The Labute approximate surface area is 112 Å². The van der Waals surface area contributed by atoms with Crippen LogP contribution in [0, 0.1) is 26.7 Å². The summed E-state index contributed by atoms with van der Waals surface area (Å²) in [7, 11) is 1.60. The monoisotopic (exact) mass is 265 g/mol. The van der Waals surface area contributed by atoms with Gasteiger partial charge >= 0.3 is 5.97 Å². The third kappa shape index (κ3) is 3.05. The van der Waals surface area contributed by atoms with E-state index in [-0.39, 0.29) is 0 Å². The highest BCUT2D eigenvalue weighted by atomic mass is 16.5. The van der Waals surface area contributed by atoms with Gasteiger partial charge in [-0.25, -0.2) is 0 Å². The maximum absolute atomic E-state index is 11.8. The summed E-state index contributed by atoms with van der Waals surface area (Å²) in [6.07, 6.45) is 0. The van der Waals surface area contributed by atoms with Crippen molar-refractivity contribution in [3.05, 3.63) is 22.8 Å². The number of hydrogen-bond donors (Lipinski definition) is 2. The molecule has 0 saturated heterocycles. The van der Waals surface area contributed by atoms with Crippen molar-refractivity contribution >= 4 is 17.6 Å². The van der Waals surface area contributed by atoms with Gasteiger partial charge in [-0.1, -0.05) is 0 Å². The van der Waals surface area contributed by atoms with E-state index in [1.165, 1.54) is 6.92 Å². The van der Waals surface area contributed by atoms with Gasteiger partial charge in [0.1, 0.15) is 11.7 Å². The zero-order chi connectivity index (χ0) is 14.7. The summed E-state index contributed by atoms with van der Waals surface area (Å²) in [6.45, 7) is 6.99. The third-order valence-electron chi connectivity index (χ3n) is 3.25. The highest BCUT2D eigenvalue weighted by Gasteiger charge is 2.21. The second-order valence-corrected chi connectivity index (χ2v) is 4.57. The van der Waals surface area contributed by atoms with E-state index >= 15 is 0 Å². The number of aryl methyl sites for hydroxylation is 1. The number of carboxylic acids is 1. The first-order valence-corrected chi connectivity index (χ1v) is 5.98. The van der Waals surface area contributed by atoms with Gasteiger partial charge in [-0.15, -0.1) is 0 Å². The van der Waals surface area contributed by atoms with Crippen LogP contribution in [0.4, 0.5) is 5.69 Å². The van der Waals surface area contributed by atoms with Gasteiger partial charge in [0.05, 0.1) is 7.11 Å². The molecule has 1 unspecified atom stereocenters. The van der Waals surface area contributed by atoms with Crippen LogP contribution in [-0.2, 0) is 9.59 Å². The summed E-state index contributed by atoms with van der Waals surface area (Å²) >= 11 is 0. The standard InChI is InChI=1S/C14H19NO4/c1-7-6-11(8(2)9(3)12(7)19-5)15-13(16)10(4)14(17)18/h6,10H,1-5H3,(H,15,16)(H,17,18). The lowest BCUT2D eigenvalue weighted by Gasteiger charge is -2.17. The third-order valence-corrected chi connectivity index (χ3v) is 3.25. The van der Waals surface area contributed by atoms with Gasteiger partial charge in [0.2, 0.25) is 5.91 Å². The van der Waals surface area contributed by atoms with Gasteiger partial charge in [-0.05, 0) is 50.5 Å². The van der Waals surface area contributed by atoms with E-state index in [4.69, 9.17) is 9.84 Å². The zero-order valence-electron chi connectivity index (χ0n) is 11.8. The van der Waals surface area contributed by atoms with Crippen molar-refractivity contribution in [2.45, 2.75) is 27.7 Å². The fourth-order valence-electron chi connectivity index (χ4n) is 1.86. The summed E-state index contributed by atoms with van der Waals surface area (Å²) in [5.41, 5.74) is 3.31. The number of anilines is 1. The Morgan fingerprint density at radius 3 is 2.32 bits per heavy atom. The van der Waals surface area contributed by atoms with Gasteiger partial charge in [0, 0.05) is 5.69 Å². The fourth-order valence-corrected chi connectivity index (χ4v) is 1.86. The molecule has 0 spiro atoms. The molecule has 0 radical (unpaired) electrons. The summed E-state index contributed by atoms with van der Waals surface area (Å²) < 4.78 is 5.30. The lowest BCUT2D eigenvalue weighted by atomic mass is 10.0. The van der Waals surface area contributed by atoms with E-state index in [0.717, 1.165) is 22.4 Å². The predicted molar refractivity (Wildman–Crippen MR) is 72.6 cm³/mol. The minimum atomic E-state index is -1.14. The molecule has 0 saturated carbocycles. The van der Waals surface area contributed by atoms with Crippen molar-refractivity contribution in [2.24, 2.45) is 5.92 Å². The van der Waals surface area contributed by atoms with E-state index in [9.17, 15) is 9.59 Å². The van der Waals surface area contributed by atoms with Crippen LogP contribution in [0.1, 0.15) is 23.6 Å². The number of rotatable bonds is 4. The first-order valence-electron chi connectivity index (χ1n) is 5.98. The smallest absolute Gasteiger partial charge is 0.315 e. The lowest BCUT2D eigenvalue weighted by molar-refractivity contribution is -0.144. The normalized spacial score (nSPS) is 11.8. The van der Waals surface area contributed by atoms with E-state index in [1.54, 1.807) is 13.2 Å². The van der Waals surface area contributed by atoms with Crippen molar-refractivity contribution in [3.63, 3.8) is 0 Å². The Kier molecular flexibility index (Phi) is 4.53. The second-order valence-electron chi connectivity index (χ2n) is 4.57. The largest absolute Gasteiger partial charge is 0.496 e. The first kappa shape index (κ1) is 15.0. The zero-order valence-corrected chi connectivity index (χ0v) is 11.8. The molecule has 1 aromatic rings. The molecule has 0 aromatic heterocycles. The van der Waals surface area contributed by atoms with E-state index in [2.05, 4.69) is 5.32 Å². The van der Waals surface area contributed by atoms with Crippen LogP contribution in [0.3, 0.4) is 0 Å².